The van der Waals surface area contributed by atoms with Crippen molar-refractivity contribution in [3.63, 3.8) is 0 Å². The quantitative estimate of drug-likeness (QED) is 0.598. The minimum Gasteiger partial charge on any atom is -0.295 e. The molecule has 0 aliphatic carbocycles. The molecule has 0 radical (unpaired) electrons. The van der Waals surface area contributed by atoms with Gasteiger partial charge in [0.2, 0.25) is 0 Å². The second-order valence-electron chi connectivity index (χ2n) is 8.94. The summed E-state index contributed by atoms with van der Waals surface area (Å²) in [7, 11) is 0. The van der Waals surface area contributed by atoms with Crippen LogP contribution in [0.25, 0.3) is 0 Å². The Hall–Kier alpha value is -0.0400. The van der Waals surface area contributed by atoms with Crippen LogP contribution in [0.15, 0.2) is 0 Å². The van der Waals surface area contributed by atoms with Crippen molar-refractivity contribution < 1.29 is 0 Å². The van der Waals surface area contributed by atoms with E-state index < -0.39 is 0 Å². The van der Waals surface area contributed by atoms with Crippen molar-refractivity contribution in [2.45, 2.75) is 80.3 Å². The minimum atomic E-state index is 0.290. The SMILES string of the molecule is CC(C)(C)C1CCN(C(C)(C)C)C1C(C)(C)C. The lowest BCUT2D eigenvalue weighted by molar-refractivity contribution is 0.0140. The van der Waals surface area contributed by atoms with Crippen LogP contribution in [0.2, 0.25) is 0 Å². The second-order valence-corrected chi connectivity index (χ2v) is 8.94. The summed E-state index contributed by atoms with van der Waals surface area (Å²) in [6.45, 7) is 22.8. The van der Waals surface area contributed by atoms with Gasteiger partial charge in [0.1, 0.15) is 0 Å². The van der Waals surface area contributed by atoms with Crippen LogP contribution in [0, 0.1) is 16.7 Å². The summed E-state index contributed by atoms with van der Waals surface area (Å²) in [5.74, 6) is 0.807. The first kappa shape index (κ1) is 15.0. The van der Waals surface area contributed by atoms with Crippen molar-refractivity contribution >= 4 is 0 Å². The Morgan fingerprint density at radius 2 is 1.24 bits per heavy atom. The van der Waals surface area contributed by atoms with Crippen LogP contribution in [0.4, 0.5) is 0 Å². The van der Waals surface area contributed by atoms with Crippen molar-refractivity contribution in [2.75, 3.05) is 6.54 Å². The molecule has 1 rings (SSSR count). The standard InChI is InChI=1S/C16H33N/c1-14(2,3)12-10-11-17(16(7,8)9)13(12)15(4,5)6/h12-13H,10-11H2,1-9H3. The average molecular weight is 239 g/mol. The molecule has 102 valence electrons. The van der Waals surface area contributed by atoms with Crippen LogP contribution in [-0.4, -0.2) is 23.0 Å². The number of likely N-dealkylation sites (tertiary alicyclic amines) is 1. The van der Waals surface area contributed by atoms with E-state index in [1.807, 2.05) is 0 Å². The molecule has 1 heterocycles. The normalized spacial score (nSPS) is 28.8. The highest BCUT2D eigenvalue weighted by atomic mass is 15.2. The van der Waals surface area contributed by atoms with Crippen LogP contribution in [0.5, 0.6) is 0 Å². The highest BCUT2D eigenvalue weighted by molar-refractivity contribution is 5.01. The van der Waals surface area contributed by atoms with Gasteiger partial charge in [0.15, 0.2) is 0 Å². The van der Waals surface area contributed by atoms with E-state index in [0.29, 0.717) is 16.9 Å². The van der Waals surface area contributed by atoms with E-state index >= 15 is 0 Å². The van der Waals surface area contributed by atoms with Crippen LogP contribution in [-0.2, 0) is 0 Å². The molecule has 0 aromatic carbocycles. The maximum absolute atomic E-state index is 2.74. The molecule has 1 saturated heterocycles. The summed E-state index contributed by atoms with van der Waals surface area (Å²) in [5, 5.41) is 0. The lowest BCUT2D eigenvalue weighted by atomic mass is 9.68. The molecule has 1 fully saturated rings. The van der Waals surface area contributed by atoms with Gasteiger partial charge < -0.3 is 0 Å². The number of rotatable bonds is 0. The van der Waals surface area contributed by atoms with Gasteiger partial charge in [-0.05, 0) is 50.5 Å². The van der Waals surface area contributed by atoms with Crippen molar-refractivity contribution in [3.05, 3.63) is 0 Å². The van der Waals surface area contributed by atoms with Gasteiger partial charge in [-0.25, -0.2) is 0 Å². The zero-order valence-electron chi connectivity index (χ0n) is 13.5. The topological polar surface area (TPSA) is 3.24 Å². The molecule has 0 N–H and O–H groups in total. The van der Waals surface area contributed by atoms with Crippen molar-refractivity contribution in [2.24, 2.45) is 16.7 Å². The van der Waals surface area contributed by atoms with Gasteiger partial charge in [0, 0.05) is 11.6 Å². The third-order valence-electron chi connectivity index (χ3n) is 4.26. The summed E-state index contributed by atoms with van der Waals surface area (Å²) in [6.07, 6.45) is 1.35. The molecule has 1 aliphatic rings. The molecule has 1 nitrogen and oxygen atoms in total. The average Bonchev–Trinajstić information content (AvgIpc) is 2.42. The van der Waals surface area contributed by atoms with Crippen LogP contribution < -0.4 is 0 Å². The molecule has 0 bridgehead atoms. The Morgan fingerprint density at radius 1 is 0.765 bits per heavy atom. The van der Waals surface area contributed by atoms with Crippen molar-refractivity contribution in [3.8, 4) is 0 Å². The lowest BCUT2D eigenvalue weighted by Gasteiger charge is -2.47. The van der Waals surface area contributed by atoms with Gasteiger partial charge in [0.05, 0.1) is 0 Å². The Morgan fingerprint density at radius 3 is 1.53 bits per heavy atom. The third kappa shape index (κ3) is 3.24. The fourth-order valence-corrected chi connectivity index (χ4v) is 3.52. The molecular formula is C16H33N. The Bertz CT molecular complexity index is 237. The molecule has 0 aromatic heterocycles. The van der Waals surface area contributed by atoms with E-state index in [1.54, 1.807) is 0 Å². The summed E-state index contributed by atoms with van der Waals surface area (Å²) >= 11 is 0. The molecule has 0 aromatic rings. The second kappa shape index (κ2) is 4.26. The smallest absolute Gasteiger partial charge is 0.0183 e. The van der Waals surface area contributed by atoms with E-state index in [2.05, 4.69) is 67.2 Å². The fourth-order valence-electron chi connectivity index (χ4n) is 3.52. The minimum absolute atomic E-state index is 0.290. The molecule has 1 heteroatoms. The highest BCUT2D eigenvalue weighted by Crippen LogP contribution is 2.47. The predicted molar refractivity (Wildman–Crippen MR) is 77.3 cm³/mol. The van der Waals surface area contributed by atoms with E-state index in [1.165, 1.54) is 13.0 Å². The first-order valence-corrected chi connectivity index (χ1v) is 7.12. The zero-order valence-corrected chi connectivity index (χ0v) is 13.5. The lowest BCUT2D eigenvalue weighted by Crippen LogP contribution is -2.53. The van der Waals surface area contributed by atoms with E-state index in [9.17, 15) is 0 Å². The number of nitrogens with zero attached hydrogens (tertiary/aromatic N) is 1. The monoisotopic (exact) mass is 239 g/mol. The van der Waals surface area contributed by atoms with Gasteiger partial charge in [-0.15, -0.1) is 0 Å². The maximum Gasteiger partial charge on any atom is 0.0183 e. The van der Waals surface area contributed by atoms with Gasteiger partial charge >= 0.3 is 0 Å². The Labute approximate surface area is 109 Å². The first-order chi connectivity index (χ1) is 7.35. The maximum atomic E-state index is 2.74. The molecule has 2 atom stereocenters. The first-order valence-electron chi connectivity index (χ1n) is 7.12. The molecule has 0 spiro atoms. The fraction of sp³-hybridized carbons (Fsp3) is 1.00. The summed E-state index contributed by atoms with van der Waals surface area (Å²) < 4.78 is 0. The van der Waals surface area contributed by atoms with E-state index in [4.69, 9.17) is 0 Å². The molecule has 17 heavy (non-hydrogen) atoms. The Kier molecular flexibility index (Phi) is 3.76. The van der Waals surface area contributed by atoms with Gasteiger partial charge in [-0.2, -0.15) is 0 Å². The number of hydrogen-bond donors (Lipinski definition) is 0. The van der Waals surface area contributed by atoms with E-state index in [0.717, 1.165) is 5.92 Å². The Balaban J connectivity index is 3.08. The number of hydrogen-bond acceptors (Lipinski definition) is 1. The van der Waals surface area contributed by atoms with E-state index in [-0.39, 0.29) is 5.54 Å². The zero-order chi connectivity index (χ0) is 13.6. The molecule has 2 unspecified atom stereocenters. The molecule has 1 aliphatic heterocycles. The van der Waals surface area contributed by atoms with Crippen LogP contribution >= 0.6 is 0 Å². The van der Waals surface area contributed by atoms with Crippen LogP contribution in [0.1, 0.15) is 68.7 Å². The molecule has 0 amide bonds. The van der Waals surface area contributed by atoms with Gasteiger partial charge in [-0.1, -0.05) is 41.5 Å². The highest BCUT2D eigenvalue weighted by Gasteiger charge is 2.48. The van der Waals surface area contributed by atoms with Gasteiger partial charge in [-0.3, -0.25) is 4.90 Å². The van der Waals surface area contributed by atoms with Crippen LogP contribution in [0.3, 0.4) is 0 Å². The third-order valence-corrected chi connectivity index (χ3v) is 4.26. The summed E-state index contributed by atoms with van der Waals surface area (Å²) in [6, 6.07) is 0.697. The molecular weight excluding hydrogens is 206 g/mol. The van der Waals surface area contributed by atoms with Crippen molar-refractivity contribution in [1.82, 2.24) is 4.90 Å². The molecule has 0 saturated carbocycles. The predicted octanol–water partition coefficient (Wildman–Crippen LogP) is 4.57. The largest absolute Gasteiger partial charge is 0.295 e. The summed E-state index contributed by atoms with van der Waals surface area (Å²) in [4.78, 5) is 2.74. The van der Waals surface area contributed by atoms with Crippen molar-refractivity contribution in [1.29, 1.82) is 0 Å². The van der Waals surface area contributed by atoms with Gasteiger partial charge in [0.25, 0.3) is 0 Å². The summed E-state index contributed by atoms with van der Waals surface area (Å²) in [5.41, 5.74) is 1.07.